The molecule has 0 radical (unpaired) electrons. The second kappa shape index (κ2) is 6.79. The number of phenolic OH excluding ortho intramolecular Hbond substituents is 2. The van der Waals surface area contributed by atoms with E-state index in [1.165, 1.54) is 17.7 Å². The molecule has 2 aromatic carbocycles. The van der Waals surface area contributed by atoms with Crippen LogP contribution in [0, 0.1) is 0 Å². The molecule has 0 aliphatic carbocycles. The fraction of sp³-hybridized carbons (Fsp3) is 0.235. The van der Waals surface area contributed by atoms with E-state index in [0.717, 1.165) is 12.5 Å². The molecule has 0 amide bonds. The first-order chi connectivity index (χ1) is 10.1. The predicted molar refractivity (Wildman–Crippen MR) is 79.4 cm³/mol. The third-order valence-corrected chi connectivity index (χ3v) is 3.19. The van der Waals surface area contributed by atoms with Gasteiger partial charge in [-0.2, -0.15) is 0 Å². The van der Waals surface area contributed by atoms with E-state index in [4.69, 9.17) is 4.74 Å². The van der Waals surface area contributed by atoms with Crippen LogP contribution in [0.2, 0.25) is 0 Å². The van der Waals surface area contributed by atoms with E-state index in [1.807, 2.05) is 37.3 Å². The molecule has 110 valence electrons. The highest BCUT2D eigenvalue weighted by atomic mass is 16.5. The highest BCUT2D eigenvalue weighted by Gasteiger charge is 2.16. The quantitative estimate of drug-likeness (QED) is 0.828. The predicted octanol–water partition coefficient (Wildman–Crippen LogP) is 3.28. The molecule has 2 aromatic rings. The standard InChI is InChI=1S/C17H18O4/c1-12(7-8-13-5-3-2-4-6-13)21-17(20)15-10-9-14(18)11-16(15)19/h2-6,9-12,18-19H,7-8H2,1H3. The minimum Gasteiger partial charge on any atom is -0.508 e. The Hall–Kier alpha value is -2.49. The molecule has 0 aliphatic heterocycles. The maximum Gasteiger partial charge on any atom is 0.342 e. The number of aromatic hydroxyl groups is 2. The smallest absolute Gasteiger partial charge is 0.342 e. The Labute approximate surface area is 123 Å². The van der Waals surface area contributed by atoms with Gasteiger partial charge in [-0.05, 0) is 37.5 Å². The van der Waals surface area contributed by atoms with Gasteiger partial charge >= 0.3 is 5.97 Å². The topological polar surface area (TPSA) is 66.8 Å². The summed E-state index contributed by atoms with van der Waals surface area (Å²) in [5.41, 5.74) is 1.24. The minimum atomic E-state index is -0.590. The summed E-state index contributed by atoms with van der Waals surface area (Å²) in [6, 6.07) is 13.8. The van der Waals surface area contributed by atoms with Gasteiger partial charge in [-0.15, -0.1) is 0 Å². The van der Waals surface area contributed by atoms with Gasteiger partial charge in [0.25, 0.3) is 0 Å². The molecule has 0 saturated carbocycles. The van der Waals surface area contributed by atoms with E-state index >= 15 is 0 Å². The van der Waals surface area contributed by atoms with Crippen LogP contribution < -0.4 is 0 Å². The lowest BCUT2D eigenvalue weighted by atomic mass is 10.1. The van der Waals surface area contributed by atoms with Gasteiger partial charge < -0.3 is 14.9 Å². The van der Waals surface area contributed by atoms with Crippen molar-refractivity contribution in [1.82, 2.24) is 0 Å². The molecule has 0 aromatic heterocycles. The van der Waals surface area contributed by atoms with E-state index in [2.05, 4.69) is 0 Å². The molecule has 0 heterocycles. The number of phenols is 2. The summed E-state index contributed by atoms with van der Waals surface area (Å²) in [6.45, 7) is 1.82. The van der Waals surface area contributed by atoms with Crippen molar-refractivity contribution >= 4 is 5.97 Å². The summed E-state index contributed by atoms with van der Waals surface area (Å²) in [7, 11) is 0. The van der Waals surface area contributed by atoms with Crippen molar-refractivity contribution in [2.75, 3.05) is 0 Å². The van der Waals surface area contributed by atoms with Crippen LogP contribution in [-0.4, -0.2) is 22.3 Å². The molecule has 4 nitrogen and oxygen atoms in total. The lowest BCUT2D eigenvalue weighted by Crippen LogP contribution is -2.16. The van der Waals surface area contributed by atoms with Gasteiger partial charge in [0.05, 0.1) is 6.10 Å². The molecule has 0 aliphatic rings. The molecule has 1 atom stereocenters. The van der Waals surface area contributed by atoms with Crippen molar-refractivity contribution in [2.24, 2.45) is 0 Å². The van der Waals surface area contributed by atoms with Gasteiger partial charge in [-0.3, -0.25) is 0 Å². The van der Waals surface area contributed by atoms with Crippen LogP contribution in [-0.2, 0) is 11.2 Å². The zero-order chi connectivity index (χ0) is 15.2. The highest BCUT2D eigenvalue weighted by Crippen LogP contribution is 2.23. The van der Waals surface area contributed by atoms with Gasteiger partial charge in [0.2, 0.25) is 0 Å². The second-order valence-electron chi connectivity index (χ2n) is 4.94. The minimum absolute atomic E-state index is 0.0550. The first kappa shape index (κ1) is 14.9. The fourth-order valence-electron chi connectivity index (χ4n) is 2.01. The highest BCUT2D eigenvalue weighted by molar-refractivity contribution is 5.92. The SMILES string of the molecule is CC(CCc1ccccc1)OC(=O)c1ccc(O)cc1O. The van der Waals surface area contributed by atoms with Crippen LogP contribution in [0.1, 0.15) is 29.3 Å². The van der Waals surface area contributed by atoms with Crippen LogP contribution >= 0.6 is 0 Å². The summed E-state index contributed by atoms with van der Waals surface area (Å²) in [4.78, 5) is 11.9. The van der Waals surface area contributed by atoms with E-state index in [1.54, 1.807) is 0 Å². The zero-order valence-corrected chi connectivity index (χ0v) is 11.8. The monoisotopic (exact) mass is 286 g/mol. The molecule has 0 bridgehead atoms. The fourth-order valence-corrected chi connectivity index (χ4v) is 2.01. The second-order valence-corrected chi connectivity index (χ2v) is 4.94. The molecular weight excluding hydrogens is 268 g/mol. The Morgan fingerprint density at radius 2 is 1.86 bits per heavy atom. The van der Waals surface area contributed by atoms with E-state index in [-0.39, 0.29) is 23.2 Å². The van der Waals surface area contributed by atoms with Crippen LogP contribution in [0.4, 0.5) is 0 Å². The number of hydrogen-bond acceptors (Lipinski definition) is 4. The van der Waals surface area contributed by atoms with Gasteiger partial charge in [0.1, 0.15) is 17.1 Å². The van der Waals surface area contributed by atoms with Gasteiger partial charge in [-0.25, -0.2) is 4.79 Å². The average Bonchev–Trinajstić information content (AvgIpc) is 2.46. The Morgan fingerprint density at radius 1 is 1.14 bits per heavy atom. The van der Waals surface area contributed by atoms with Crippen LogP contribution in [0.15, 0.2) is 48.5 Å². The number of carbonyl (C=O) groups is 1. The van der Waals surface area contributed by atoms with Gasteiger partial charge in [-0.1, -0.05) is 30.3 Å². The number of aryl methyl sites for hydroxylation is 1. The molecule has 2 N–H and O–H groups in total. The van der Waals surface area contributed by atoms with Crippen molar-refractivity contribution in [3.63, 3.8) is 0 Å². The molecule has 1 unspecified atom stereocenters. The van der Waals surface area contributed by atoms with Crippen LogP contribution in [0.5, 0.6) is 11.5 Å². The lowest BCUT2D eigenvalue weighted by molar-refractivity contribution is 0.0322. The normalized spacial score (nSPS) is 11.9. The average molecular weight is 286 g/mol. The third-order valence-electron chi connectivity index (χ3n) is 3.19. The largest absolute Gasteiger partial charge is 0.508 e. The number of ether oxygens (including phenoxy) is 1. The molecule has 0 saturated heterocycles. The molecule has 2 rings (SSSR count). The summed E-state index contributed by atoms with van der Waals surface area (Å²) < 4.78 is 5.30. The molecular formula is C17H18O4. The Balaban J connectivity index is 1.90. The Morgan fingerprint density at radius 3 is 2.52 bits per heavy atom. The van der Waals surface area contributed by atoms with Gasteiger partial charge in [0, 0.05) is 6.07 Å². The summed E-state index contributed by atoms with van der Waals surface area (Å²) in [5, 5.41) is 18.8. The number of benzene rings is 2. The van der Waals surface area contributed by atoms with Crippen molar-refractivity contribution in [2.45, 2.75) is 25.9 Å². The Bertz CT molecular complexity index is 607. The third kappa shape index (κ3) is 4.24. The summed E-state index contributed by atoms with van der Waals surface area (Å²) in [6.07, 6.45) is 1.26. The van der Waals surface area contributed by atoms with Crippen LogP contribution in [0.3, 0.4) is 0 Å². The van der Waals surface area contributed by atoms with E-state index < -0.39 is 5.97 Å². The molecule has 0 spiro atoms. The van der Waals surface area contributed by atoms with Crippen molar-refractivity contribution in [3.8, 4) is 11.5 Å². The first-order valence-electron chi connectivity index (χ1n) is 6.83. The van der Waals surface area contributed by atoms with E-state index in [0.29, 0.717) is 6.42 Å². The van der Waals surface area contributed by atoms with Crippen LogP contribution in [0.25, 0.3) is 0 Å². The van der Waals surface area contributed by atoms with Crippen molar-refractivity contribution in [1.29, 1.82) is 0 Å². The molecule has 21 heavy (non-hydrogen) atoms. The van der Waals surface area contributed by atoms with Gasteiger partial charge in [0.15, 0.2) is 0 Å². The maximum absolute atomic E-state index is 11.9. The maximum atomic E-state index is 11.9. The molecule has 0 fully saturated rings. The van der Waals surface area contributed by atoms with Crippen molar-refractivity contribution in [3.05, 3.63) is 59.7 Å². The first-order valence-corrected chi connectivity index (χ1v) is 6.83. The summed E-state index contributed by atoms with van der Waals surface area (Å²) in [5.74, 6) is -0.968. The number of esters is 1. The molecule has 4 heteroatoms. The lowest BCUT2D eigenvalue weighted by Gasteiger charge is -2.14. The summed E-state index contributed by atoms with van der Waals surface area (Å²) >= 11 is 0. The van der Waals surface area contributed by atoms with E-state index in [9.17, 15) is 15.0 Å². The van der Waals surface area contributed by atoms with Crippen molar-refractivity contribution < 1.29 is 19.7 Å². The zero-order valence-electron chi connectivity index (χ0n) is 11.8. The number of rotatable bonds is 5. The Kier molecular flexibility index (Phi) is 4.82. The number of hydrogen-bond donors (Lipinski definition) is 2. The number of carbonyl (C=O) groups excluding carboxylic acids is 1.